The highest BCUT2D eigenvalue weighted by molar-refractivity contribution is 6.37. The molecule has 5 N–H and O–H groups in total. The molecule has 0 radical (unpaired) electrons. The normalized spacial score (nSPS) is 24.7. The summed E-state index contributed by atoms with van der Waals surface area (Å²) in [6.07, 6.45) is 2.16. The average Bonchev–Trinajstić information content (AvgIpc) is 3.69. The van der Waals surface area contributed by atoms with Gasteiger partial charge in [0.15, 0.2) is 0 Å². The van der Waals surface area contributed by atoms with E-state index >= 15 is 0 Å². The zero-order valence-electron chi connectivity index (χ0n) is 27.3. The van der Waals surface area contributed by atoms with Crippen LogP contribution >= 0.6 is 0 Å². The van der Waals surface area contributed by atoms with E-state index in [1.807, 2.05) is 13.8 Å². The lowest BCUT2D eigenvalue weighted by atomic mass is 9.86. The molecular formula is C31H51N5O7. The van der Waals surface area contributed by atoms with Gasteiger partial charge in [0.1, 0.15) is 23.7 Å². The van der Waals surface area contributed by atoms with Crippen LogP contribution in [0.1, 0.15) is 88.5 Å². The maximum absolute atomic E-state index is 14.0. The Bertz CT molecular complexity index is 1150. The molecule has 6 atom stereocenters. The van der Waals surface area contributed by atoms with Crippen LogP contribution in [0.25, 0.3) is 0 Å². The number of fused-ring (bicyclic) bond motifs is 1. The van der Waals surface area contributed by atoms with Crippen LogP contribution in [-0.2, 0) is 28.7 Å². The van der Waals surface area contributed by atoms with Crippen molar-refractivity contribution in [1.82, 2.24) is 20.9 Å². The molecule has 242 valence electrons. The van der Waals surface area contributed by atoms with Gasteiger partial charge in [-0.25, -0.2) is 9.59 Å². The zero-order valence-corrected chi connectivity index (χ0v) is 27.3. The zero-order chi connectivity index (χ0) is 32.8. The number of carbonyl (C=O) groups excluding carboxylic acids is 6. The van der Waals surface area contributed by atoms with Crippen molar-refractivity contribution >= 4 is 35.5 Å². The monoisotopic (exact) mass is 605 g/mol. The quantitative estimate of drug-likeness (QED) is 0.205. The van der Waals surface area contributed by atoms with Gasteiger partial charge < -0.3 is 31.3 Å². The van der Waals surface area contributed by atoms with Crippen LogP contribution in [0.2, 0.25) is 0 Å². The number of piperidine rings is 1. The number of Topliss-reactive ketones (excluding diaryl/α,β-unsaturated/α-hetero) is 1. The van der Waals surface area contributed by atoms with Gasteiger partial charge in [0.2, 0.25) is 17.6 Å². The first-order chi connectivity index (χ1) is 19.6. The van der Waals surface area contributed by atoms with Crippen LogP contribution in [-0.4, -0.2) is 76.7 Å². The van der Waals surface area contributed by atoms with Crippen LogP contribution in [0, 0.1) is 34.5 Å². The van der Waals surface area contributed by atoms with E-state index in [0.717, 1.165) is 12.8 Å². The molecule has 2 aliphatic carbocycles. The fourth-order valence-electron chi connectivity index (χ4n) is 6.16. The summed E-state index contributed by atoms with van der Waals surface area (Å²) in [6, 6.07) is -4.60. The number of ketones is 1. The van der Waals surface area contributed by atoms with Gasteiger partial charge >= 0.3 is 12.0 Å². The summed E-state index contributed by atoms with van der Waals surface area (Å²) in [4.78, 5) is 79.6. The van der Waals surface area contributed by atoms with Crippen LogP contribution < -0.4 is 21.7 Å². The third kappa shape index (κ3) is 8.06. The van der Waals surface area contributed by atoms with Crippen molar-refractivity contribution < 1.29 is 33.5 Å². The molecule has 0 aromatic rings. The van der Waals surface area contributed by atoms with E-state index in [-0.39, 0.29) is 29.1 Å². The van der Waals surface area contributed by atoms with Gasteiger partial charge in [-0.1, -0.05) is 61.3 Å². The Kier molecular flexibility index (Phi) is 9.63. The molecule has 0 aromatic carbocycles. The number of ether oxygens (including phenoxy) is 1. The number of amides is 5. The summed E-state index contributed by atoms with van der Waals surface area (Å²) >= 11 is 0. The number of nitrogens with two attached hydrogens (primary N) is 1. The number of nitrogens with one attached hydrogen (secondary N) is 3. The predicted octanol–water partition coefficient (Wildman–Crippen LogP) is 1.89. The van der Waals surface area contributed by atoms with E-state index in [0.29, 0.717) is 13.0 Å². The molecule has 3 rings (SSSR count). The third-order valence-electron chi connectivity index (χ3n) is 8.91. The molecule has 12 heteroatoms. The molecule has 0 spiro atoms. The van der Waals surface area contributed by atoms with Crippen molar-refractivity contribution in [3.8, 4) is 0 Å². The molecule has 43 heavy (non-hydrogen) atoms. The molecule has 3 fully saturated rings. The third-order valence-corrected chi connectivity index (χ3v) is 8.91. The Balaban J connectivity index is 1.79. The van der Waals surface area contributed by atoms with E-state index in [9.17, 15) is 28.8 Å². The summed E-state index contributed by atoms with van der Waals surface area (Å²) in [5, 5.41) is 8.17. The molecule has 0 bridgehead atoms. The Morgan fingerprint density at radius 3 is 2.00 bits per heavy atom. The number of primary amides is 1. The molecule has 1 saturated heterocycles. The first-order valence-corrected chi connectivity index (χ1v) is 15.3. The second kappa shape index (κ2) is 12.1. The molecular weight excluding hydrogens is 554 g/mol. The van der Waals surface area contributed by atoms with Gasteiger partial charge in [0.25, 0.3) is 5.91 Å². The van der Waals surface area contributed by atoms with Gasteiger partial charge in [-0.2, -0.15) is 0 Å². The van der Waals surface area contributed by atoms with Crippen molar-refractivity contribution in [2.24, 2.45) is 40.2 Å². The topological polar surface area (TPSA) is 177 Å². The van der Waals surface area contributed by atoms with Crippen molar-refractivity contribution in [1.29, 1.82) is 0 Å². The number of hydrogen-bond donors (Lipinski definition) is 4. The minimum Gasteiger partial charge on any atom is -0.458 e. The summed E-state index contributed by atoms with van der Waals surface area (Å²) in [6.45, 7) is 18.6. The lowest BCUT2D eigenvalue weighted by Gasteiger charge is -2.36. The highest BCUT2D eigenvalue weighted by atomic mass is 16.6. The second-order valence-electron chi connectivity index (χ2n) is 15.5. The SMILES string of the molecule is CC(C)[C@H](NC(=O)N[C@H](C(=O)OC(C)(C)C)C(C)(C)C)C(=O)N1C[C@H]2[C@@H]([C@H]1C(=O)NC(CC1CC1)C(=O)C(N)=O)C2(C)C. The highest BCUT2D eigenvalue weighted by Crippen LogP contribution is 2.65. The largest absolute Gasteiger partial charge is 0.458 e. The number of carbonyl (C=O) groups is 6. The van der Waals surface area contributed by atoms with Crippen molar-refractivity contribution in [3.63, 3.8) is 0 Å². The molecule has 5 amide bonds. The van der Waals surface area contributed by atoms with E-state index in [1.165, 1.54) is 4.90 Å². The van der Waals surface area contributed by atoms with Crippen LogP contribution in [0.4, 0.5) is 4.79 Å². The maximum Gasteiger partial charge on any atom is 0.329 e. The van der Waals surface area contributed by atoms with Gasteiger partial charge in [-0.05, 0) is 61.7 Å². The fourth-order valence-corrected chi connectivity index (χ4v) is 6.16. The second-order valence-corrected chi connectivity index (χ2v) is 15.5. The number of likely N-dealkylation sites (tertiary alicyclic amines) is 1. The molecule has 0 aromatic heterocycles. The van der Waals surface area contributed by atoms with Crippen LogP contribution in [0.15, 0.2) is 0 Å². The first kappa shape index (κ1) is 34.3. The average molecular weight is 606 g/mol. The molecule has 1 heterocycles. The standard InChI is InChI=1S/C31H51N5O7/c1-15(2)20(34-28(42)35-23(29(3,4)5)27(41)43-30(6,7)8)26(40)36-14-17-19(31(17,9)10)21(36)25(39)33-18(13-16-11-12-16)22(37)24(32)38/h15-21,23H,11-14H2,1-10H3,(H2,32,38)(H,33,39)(H2,34,35,42)/t17-,18?,19-,20-,21-,23+/m0/s1. The minimum absolute atomic E-state index is 0.0694. The first-order valence-electron chi connectivity index (χ1n) is 15.3. The smallest absolute Gasteiger partial charge is 0.329 e. The van der Waals surface area contributed by atoms with Crippen LogP contribution in [0.3, 0.4) is 0 Å². The summed E-state index contributed by atoms with van der Waals surface area (Å²) in [7, 11) is 0. The van der Waals surface area contributed by atoms with Gasteiger partial charge in [0.05, 0.1) is 6.04 Å². The van der Waals surface area contributed by atoms with Crippen molar-refractivity contribution in [3.05, 3.63) is 0 Å². The van der Waals surface area contributed by atoms with Gasteiger partial charge in [-0.3, -0.25) is 19.2 Å². The molecule has 1 aliphatic heterocycles. The summed E-state index contributed by atoms with van der Waals surface area (Å²) in [5.41, 5.74) is 3.64. The Morgan fingerprint density at radius 2 is 1.53 bits per heavy atom. The highest BCUT2D eigenvalue weighted by Gasteiger charge is 2.69. The van der Waals surface area contributed by atoms with Crippen molar-refractivity contribution in [2.45, 2.75) is 118 Å². The van der Waals surface area contributed by atoms with Gasteiger partial charge in [-0.15, -0.1) is 0 Å². The van der Waals surface area contributed by atoms with Crippen LogP contribution in [0.5, 0.6) is 0 Å². The number of hydrogen-bond acceptors (Lipinski definition) is 7. The number of esters is 1. The van der Waals surface area contributed by atoms with E-state index in [2.05, 4.69) is 16.0 Å². The van der Waals surface area contributed by atoms with Crippen molar-refractivity contribution in [2.75, 3.05) is 6.54 Å². The Morgan fingerprint density at radius 1 is 0.953 bits per heavy atom. The summed E-state index contributed by atoms with van der Waals surface area (Å²) in [5.74, 6) is -3.65. The number of nitrogens with zero attached hydrogens (tertiary/aromatic N) is 1. The van der Waals surface area contributed by atoms with Gasteiger partial charge in [0, 0.05) is 6.54 Å². The molecule has 2 saturated carbocycles. The molecule has 12 nitrogen and oxygen atoms in total. The Labute approximate surface area is 255 Å². The fraction of sp³-hybridized carbons (Fsp3) is 0.806. The van der Waals surface area contributed by atoms with E-state index in [4.69, 9.17) is 10.5 Å². The number of rotatable bonds is 11. The lowest BCUT2D eigenvalue weighted by molar-refractivity contribution is -0.160. The van der Waals surface area contributed by atoms with E-state index in [1.54, 1.807) is 55.4 Å². The summed E-state index contributed by atoms with van der Waals surface area (Å²) < 4.78 is 5.52. The number of urea groups is 1. The van der Waals surface area contributed by atoms with E-state index < -0.39 is 70.7 Å². The Hall–Kier alpha value is -3.18. The minimum atomic E-state index is -1.11. The molecule has 1 unspecified atom stereocenters. The maximum atomic E-state index is 14.0. The predicted molar refractivity (Wildman–Crippen MR) is 159 cm³/mol. The lowest BCUT2D eigenvalue weighted by Crippen LogP contribution is -2.61. The molecule has 3 aliphatic rings.